The SMILES string of the molecule is CCOC(=O)c1[nH]c(C#N)nc1C. The molecule has 0 unspecified atom stereocenters. The first-order valence-corrected chi connectivity index (χ1v) is 3.82. The minimum absolute atomic E-state index is 0.126. The summed E-state index contributed by atoms with van der Waals surface area (Å²) in [5.74, 6) is -0.352. The topological polar surface area (TPSA) is 78.8 Å². The first-order chi connectivity index (χ1) is 6.19. The van der Waals surface area contributed by atoms with E-state index in [1.54, 1.807) is 13.8 Å². The lowest BCUT2D eigenvalue weighted by atomic mass is 10.3. The molecule has 68 valence electrons. The predicted molar refractivity (Wildman–Crippen MR) is 44.0 cm³/mol. The van der Waals surface area contributed by atoms with E-state index in [0.717, 1.165) is 0 Å². The number of esters is 1. The maximum atomic E-state index is 11.2. The number of nitriles is 1. The molecule has 0 fully saturated rings. The van der Waals surface area contributed by atoms with Crippen molar-refractivity contribution in [2.75, 3.05) is 6.61 Å². The third kappa shape index (κ3) is 1.85. The third-order valence-corrected chi connectivity index (χ3v) is 1.47. The minimum atomic E-state index is -0.478. The van der Waals surface area contributed by atoms with Gasteiger partial charge in [-0.1, -0.05) is 0 Å². The van der Waals surface area contributed by atoms with Gasteiger partial charge in [-0.3, -0.25) is 0 Å². The molecule has 1 heterocycles. The van der Waals surface area contributed by atoms with Crippen molar-refractivity contribution in [1.29, 1.82) is 5.26 Å². The Morgan fingerprint density at radius 1 is 1.77 bits per heavy atom. The smallest absolute Gasteiger partial charge is 0.356 e. The Kier molecular flexibility index (Phi) is 2.65. The van der Waals surface area contributed by atoms with E-state index < -0.39 is 5.97 Å². The number of hydrogen-bond donors (Lipinski definition) is 1. The van der Waals surface area contributed by atoms with Crippen LogP contribution < -0.4 is 0 Å². The first-order valence-electron chi connectivity index (χ1n) is 3.82. The second-order valence-electron chi connectivity index (χ2n) is 2.38. The van der Waals surface area contributed by atoms with Crippen molar-refractivity contribution in [2.45, 2.75) is 13.8 Å². The van der Waals surface area contributed by atoms with Crippen LogP contribution in [0.2, 0.25) is 0 Å². The molecule has 5 heteroatoms. The Morgan fingerprint density at radius 3 is 2.92 bits per heavy atom. The van der Waals surface area contributed by atoms with Crippen LogP contribution in [0.3, 0.4) is 0 Å². The normalized spacial score (nSPS) is 9.31. The van der Waals surface area contributed by atoms with Crippen LogP contribution in [0.4, 0.5) is 0 Å². The summed E-state index contributed by atoms with van der Waals surface area (Å²) < 4.78 is 4.75. The standard InChI is InChI=1S/C8H9N3O2/c1-3-13-8(12)7-5(2)10-6(4-9)11-7/h3H2,1-2H3,(H,10,11). The van der Waals surface area contributed by atoms with E-state index in [-0.39, 0.29) is 11.5 Å². The van der Waals surface area contributed by atoms with E-state index in [0.29, 0.717) is 12.3 Å². The van der Waals surface area contributed by atoms with Gasteiger partial charge in [-0.15, -0.1) is 0 Å². The van der Waals surface area contributed by atoms with E-state index in [9.17, 15) is 4.79 Å². The second kappa shape index (κ2) is 3.72. The fourth-order valence-corrected chi connectivity index (χ4v) is 0.915. The van der Waals surface area contributed by atoms with Crippen molar-refractivity contribution in [2.24, 2.45) is 0 Å². The summed E-state index contributed by atoms with van der Waals surface area (Å²) in [6.07, 6.45) is 0. The molecule has 0 aliphatic heterocycles. The lowest BCUT2D eigenvalue weighted by molar-refractivity contribution is 0.0519. The molecule has 0 atom stereocenters. The number of aryl methyl sites for hydroxylation is 1. The number of imidazole rings is 1. The molecule has 0 saturated heterocycles. The van der Waals surface area contributed by atoms with E-state index in [1.165, 1.54) is 0 Å². The zero-order valence-corrected chi connectivity index (χ0v) is 7.42. The Labute approximate surface area is 75.4 Å². The summed E-state index contributed by atoms with van der Waals surface area (Å²) in [5, 5.41) is 8.49. The largest absolute Gasteiger partial charge is 0.461 e. The molecule has 0 spiro atoms. The van der Waals surface area contributed by atoms with Crippen LogP contribution in [0, 0.1) is 18.3 Å². The van der Waals surface area contributed by atoms with Crippen molar-refractivity contribution in [1.82, 2.24) is 9.97 Å². The highest BCUT2D eigenvalue weighted by atomic mass is 16.5. The van der Waals surface area contributed by atoms with Gasteiger partial charge in [-0.2, -0.15) is 5.26 Å². The molecule has 1 N–H and O–H groups in total. The Hall–Kier alpha value is -1.83. The van der Waals surface area contributed by atoms with Gasteiger partial charge in [0, 0.05) is 0 Å². The van der Waals surface area contributed by atoms with Gasteiger partial charge in [0.2, 0.25) is 5.82 Å². The summed E-state index contributed by atoms with van der Waals surface area (Å²) in [5.41, 5.74) is 0.730. The van der Waals surface area contributed by atoms with Crippen molar-refractivity contribution >= 4 is 5.97 Å². The molecule has 0 radical (unpaired) electrons. The van der Waals surface area contributed by atoms with E-state index >= 15 is 0 Å². The van der Waals surface area contributed by atoms with E-state index in [4.69, 9.17) is 10.00 Å². The second-order valence-corrected chi connectivity index (χ2v) is 2.38. The molecule has 1 aromatic heterocycles. The molecule has 0 amide bonds. The van der Waals surface area contributed by atoms with Gasteiger partial charge in [0.15, 0.2) is 0 Å². The molecule has 1 rings (SSSR count). The van der Waals surface area contributed by atoms with Gasteiger partial charge in [0.05, 0.1) is 12.3 Å². The van der Waals surface area contributed by atoms with Crippen LogP contribution in [-0.4, -0.2) is 22.5 Å². The third-order valence-electron chi connectivity index (χ3n) is 1.47. The zero-order valence-electron chi connectivity index (χ0n) is 7.42. The quantitative estimate of drug-likeness (QED) is 0.680. The van der Waals surface area contributed by atoms with Gasteiger partial charge in [-0.05, 0) is 13.8 Å². The van der Waals surface area contributed by atoms with Crippen LogP contribution in [0.1, 0.15) is 28.9 Å². The van der Waals surface area contributed by atoms with E-state index in [1.807, 2.05) is 6.07 Å². The molecule has 0 bridgehead atoms. The number of H-pyrrole nitrogens is 1. The number of nitrogens with one attached hydrogen (secondary N) is 1. The number of aromatic nitrogens is 2. The molecule has 0 aromatic carbocycles. The minimum Gasteiger partial charge on any atom is -0.461 e. The van der Waals surface area contributed by atoms with Gasteiger partial charge >= 0.3 is 5.97 Å². The monoisotopic (exact) mass is 179 g/mol. The first kappa shape index (κ1) is 9.26. The molecule has 13 heavy (non-hydrogen) atoms. The number of rotatable bonds is 2. The van der Waals surface area contributed by atoms with Gasteiger partial charge in [0.25, 0.3) is 0 Å². The van der Waals surface area contributed by atoms with Crippen molar-refractivity contribution in [3.05, 3.63) is 17.2 Å². The highest BCUT2D eigenvalue weighted by Gasteiger charge is 2.14. The van der Waals surface area contributed by atoms with Crippen LogP contribution in [0.15, 0.2) is 0 Å². The van der Waals surface area contributed by atoms with E-state index in [2.05, 4.69) is 9.97 Å². The number of carbonyl (C=O) groups is 1. The number of ether oxygens (including phenoxy) is 1. The lowest BCUT2D eigenvalue weighted by Gasteiger charge is -1.97. The van der Waals surface area contributed by atoms with Crippen LogP contribution in [0.25, 0.3) is 0 Å². The van der Waals surface area contributed by atoms with Crippen molar-refractivity contribution in [3.63, 3.8) is 0 Å². The highest BCUT2D eigenvalue weighted by Crippen LogP contribution is 2.05. The number of nitrogens with zero attached hydrogens (tertiary/aromatic N) is 2. The average molecular weight is 179 g/mol. The summed E-state index contributed by atoms with van der Waals surface area (Å²) in [6.45, 7) is 3.66. The molecule has 0 aliphatic carbocycles. The molecule has 0 saturated carbocycles. The predicted octanol–water partition coefficient (Wildman–Crippen LogP) is 0.766. The number of hydrogen-bond acceptors (Lipinski definition) is 4. The van der Waals surface area contributed by atoms with Gasteiger partial charge in [-0.25, -0.2) is 9.78 Å². The highest BCUT2D eigenvalue weighted by molar-refractivity contribution is 5.88. The Balaban J connectivity index is 2.95. The van der Waals surface area contributed by atoms with Crippen LogP contribution in [-0.2, 0) is 4.74 Å². The Bertz CT molecular complexity index is 362. The average Bonchev–Trinajstić information content (AvgIpc) is 2.47. The fourth-order valence-electron chi connectivity index (χ4n) is 0.915. The van der Waals surface area contributed by atoms with Gasteiger partial charge in [0.1, 0.15) is 11.8 Å². The summed E-state index contributed by atoms with van der Waals surface area (Å²) >= 11 is 0. The summed E-state index contributed by atoms with van der Waals surface area (Å²) in [4.78, 5) is 17.6. The van der Waals surface area contributed by atoms with Crippen molar-refractivity contribution < 1.29 is 9.53 Å². The van der Waals surface area contributed by atoms with Crippen LogP contribution >= 0.6 is 0 Å². The lowest BCUT2D eigenvalue weighted by Crippen LogP contribution is -2.06. The fraction of sp³-hybridized carbons (Fsp3) is 0.375. The van der Waals surface area contributed by atoms with Crippen molar-refractivity contribution in [3.8, 4) is 6.07 Å². The zero-order chi connectivity index (χ0) is 9.84. The summed E-state index contributed by atoms with van der Waals surface area (Å²) in [7, 11) is 0. The van der Waals surface area contributed by atoms with Crippen LogP contribution in [0.5, 0.6) is 0 Å². The molecular formula is C8H9N3O2. The summed E-state index contributed by atoms with van der Waals surface area (Å²) in [6, 6.07) is 1.81. The maximum absolute atomic E-state index is 11.2. The number of carbonyl (C=O) groups excluding carboxylic acids is 1. The maximum Gasteiger partial charge on any atom is 0.356 e. The molecule has 5 nitrogen and oxygen atoms in total. The Morgan fingerprint density at radius 2 is 2.46 bits per heavy atom. The molecule has 1 aromatic rings. The molecular weight excluding hydrogens is 170 g/mol. The molecule has 0 aliphatic rings. The van der Waals surface area contributed by atoms with Gasteiger partial charge < -0.3 is 9.72 Å². The number of aromatic amines is 1.